The molecule has 0 aromatic heterocycles. The zero-order valence-corrected chi connectivity index (χ0v) is 12.0. The maximum absolute atomic E-state index is 13.2. The molecule has 2 N–H and O–H groups in total. The van der Waals surface area contributed by atoms with Crippen LogP contribution in [0.2, 0.25) is 5.02 Å². The number of halogens is 2. The van der Waals surface area contributed by atoms with E-state index < -0.39 is 15.8 Å². The first-order valence-electron chi connectivity index (χ1n) is 5.73. The van der Waals surface area contributed by atoms with Crippen molar-refractivity contribution >= 4 is 33.0 Å². The molecule has 0 unspecified atom stereocenters. The lowest BCUT2D eigenvalue weighted by Gasteiger charge is -2.35. The van der Waals surface area contributed by atoms with E-state index in [1.807, 2.05) is 4.90 Å². The highest BCUT2D eigenvalue weighted by atomic mass is 35.5. The third-order valence-corrected chi connectivity index (χ3v) is 4.71. The summed E-state index contributed by atoms with van der Waals surface area (Å²) in [6.45, 7) is 1.76. The molecule has 1 heterocycles. The zero-order chi connectivity index (χ0) is 14.2. The van der Waals surface area contributed by atoms with Crippen LogP contribution in [0.5, 0.6) is 0 Å². The quantitative estimate of drug-likeness (QED) is 0.832. The van der Waals surface area contributed by atoms with E-state index in [0.717, 1.165) is 0 Å². The fourth-order valence-corrected chi connectivity index (χ4v) is 3.07. The largest absolute Gasteiger partial charge is 0.397 e. The van der Waals surface area contributed by atoms with Crippen LogP contribution in [0.3, 0.4) is 0 Å². The van der Waals surface area contributed by atoms with E-state index in [2.05, 4.69) is 0 Å². The minimum atomic E-state index is -3.17. The molecule has 1 aliphatic rings. The number of piperazine rings is 1. The Morgan fingerprint density at radius 1 is 1.26 bits per heavy atom. The highest BCUT2D eigenvalue weighted by Gasteiger charge is 2.24. The molecule has 8 heteroatoms. The maximum Gasteiger partial charge on any atom is 0.211 e. The molecule has 0 bridgehead atoms. The van der Waals surface area contributed by atoms with Crippen molar-refractivity contribution in [2.24, 2.45) is 0 Å². The van der Waals surface area contributed by atoms with E-state index in [1.165, 1.54) is 22.7 Å². The van der Waals surface area contributed by atoms with Gasteiger partial charge in [0.15, 0.2) is 0 Å². The molecule has 0 spiro atoms. The molecule has 0 aliphatic carbocycles. The van der Waals surface area contributed by atoms with E-state index in [-0.39, 0.29) is 5.02 Å². The number of rotatable bonds is 2. The number of anilines is 2. The summed E-state index contributed by atoms with van der Waals surface area (Å²) in [4.78, 5) is 1.91. The number of nitrogen functional groups attached to an aromatic ring is 1. The summed E-state index contributed by atoms with van der Waals surface area (Å²) < 4.78 is 37.4. The zero-order valence-electron chi connectivity index (χ0n) is 10.4. The lowest BCUT2D eigenvalue weighted by Crippen LogP contribution is -2.48. The summed E-state index contributed by atoms with van der Waals surface area (Å²) in [5, 5.41) is 0.00902. The summed E-state index contributed by atoms with van der Waals surface area (Å²) in [6, 6.07) is 2.66. The Morgan fingerprint density at radius 3 is 2.37 bits per heavy atom. The molecule has 0 amide bonds. The van der Waals surface area contributed by atoms with Gasteiger partial charge in [-0.2, -0.15) is 4.31 Å². The molecule has 106 valence electrons. The van der Waals surface area contributed by atoms with Gasteiger partial charge in [0.1, 0.15) is 5.82 Å². The summed E-state index contributed by atoms with van der Waals surface area (Å²) >= 11 is 5.74. The highest BCUT2D eigenvalue weighted by Crippen LogP contribution is 2.30. The van der Waals surface area contributed by atoms with Crippen LogP contribution >= 0.6 is 11.6 Å². The molecule has 5 nitrogen and oxygen atoms in total. The second-order valence-electron chi connectivity index (χ2n) is 4.47. The maximum atomic E-state index is 13.2. The van der Waals surface area contributed by atoms with Crippen LogP contribution in [0.1, 0.15) is 0 Å². The lowest BCUT2D eigenvalue weighted by atomic mass is 10.2. The van der Waals surface area contributed by atoms with E-state index in [4.69, 9.17) is 17.3 Å². The number of benzene rings is 1. The SMILES string of the molecule is CS(=O)(=O)N1CCN(c2cc(Cl)c(F)cc2N)CC1. The van der Waals surface area contributed by atoms with Gasteiger partial charge in [0.25, 0.3) is 0 Å². The molecule has 0 saturated carbocycles. The van der Waals surface area contributed by atoms with Gasteiger partial charge in [0.2, 0.25) is 10.0 Å². The highest BCUT2D eigenvalue weighted by molar-refractivity contribution is 7.88. The van der Waals surface area contributed by atoms with Gasteiger partial charge in [-0.15, -0.1) is 0 Å². The predicted octanol–water partition coefficient (Wildman–Crippen LogP) is 1.14. The second-order valence-corrected chi connectivity index (χ2v) is 6.86. The average molecular weight is 308 g/mol. The first-order chi connectivity index (χ1) is 8.79. The Labute approximate surface area is 116 Å². The Morgan fingerprint density at radius 2 is 1.84 bits per heavy atom. The minimum absolute atomic E-state index is 0.00902. The fraction of sp³-hybridized carbons (Fsp3) is 0.455. The first kappa shape index (κ1) is 14.4. The number of nitrogens with two attached hydrogens (primary N) is 1. The van der Waals surface area contributed by atoms with Crippen molar-refractivity contribution in [2.75, 3.05) is 43.1 Å². The van der Waals surface area contributed by atoms with Gasteiger partial charge in [0.05, 0.1) is 22.7 Å². The summed E-state index contributed by atoms with van der Waals surface area (Å²) in [7, 11) is -3.17. The van der Waals surface area contributed by atoms with Gasteiger partial charge >= 0.3 is 0 Å². The molecular weight excluding hydrogens is 293 g/mol. The van der Waals surface area contributed by atoms with E-state index >= 15 is 0 Å². The van der Waals surface area contributed by atoms with Gasteiger partial charge in [-0.1, -0.05) is 11.6 Å². The van der Waals surface area contributed by atoms with Crippen LogP contribution in [0, 0.1) is 5.82 Å². The number of hydrogen-bond donors (Lipinski definition) is 1. The molecule has 2 rings (SSSR count). The van der Waals surface area contributed by atoms with Crippen molar-refractivity contribution in [1.82, 2.24) is 4.31 Å². The Bertz CT molecular complexity index is 586. The van der Waals surface area contributed by atoms with Gasteiger partial charge in [-0.25, -0.2) is 12.8 Å². The normalized spacial score (nSPS) is 17.7. The van der Waals surface area contributed by atoms with Crippen molar-refractivity contribution in [3.05, 3.63) is 23.0 Å². The van der Waals surface area contributed by atoms with Crippen molar-refractivity contribution in [3.63, 3.8) is 0 Å². The number of sulfonamides is 1. The smallest absolute Gasteiger partial charge is 0.211 e. The molecule has 0 radical (unpaired) electrons. The van der Waals surface area contributed by atoms with Crippen LogP contribution < -0.4 is 10.6 Å². The summed E-state index contributed by atoms with van der Waals surface area (Å²) in [5.41, 5.74) is 6.71. The number of nitrogens with zero attached hydrogens (tertiary/aromatic N) is 2. The molecule has 19 heavy (non-hydrogen) atoms. The molecule has 1 aromatic rings. The predicted molar refractivity (Wildman–Crippen MR) is 74.5 cm³/mol. The number of hydrogen-bond acceptors (Lipinski definition) is 4. The van der Waals surface area contributed by atoms with Crippen molar-refractivity contribution in [2.45, 2.75) is 0 Å². The summed E-state index contributed by atoms with van der Waals surface area (Å²) in [6.07, 6.45) is 1.19. The third-order valence-electron chi connectivity index (χ3n) is 3.12. The van der Waals surface area contributed by atoms with Crippen molar-refractivity contribution < 1.29 is 12.8 Å². The Balaban J connectivity index is 2.16. The molecular formula is C11H15ClFN3O2S. The van der Waals surface area contributed by atoms with Crippen molar-refractivity contribution in [1.29, 1.82) is 0 Å². The third kappa shape index (κ3) is 3.10. The molecule has 1 aromatic carbocycles. The van der Waals surface area contributed by atoms with Gasteiger partial charge in [0, 0.05) is 32.2 Å². The monoisotopic (exact) mass is 307 g/mol. The van der Waals surface area contributed by atoms with Crippen molar-refractivity contribution in [3.8, 4) is 0 Å². The topological polar surface area (TPSA) is 66.6 Å². The van der Waals surface area contributed by atoms with Crippen LogP contribution in [0.25, 0.3) is 0 Å². The van der Waals surface area contributed by atoms with Gasteiger partial charge < -0.3 is 10.6 Å². The van der Waals surface area contributed by atoms with Crippen LogP contribution in [0.15, 0.2) is 12.1 Å². The molecule has 1 fully saturated rings. The average Bonchev–Trinajstić information content (AvgIpc) is 2.33. The standard InChI is InChI=1S/C11H15ClFN3O2S/c1-19(17,18)16-4-2-15(3-5-16)11-6-8(12)9(13)7-10(11)14/h6-7H,2-5,14H2,1H3. The van der Waals surface area contributed by atoms with E-state index in [9.17, 15) is 12.8 Å². The van der Waals surface area contributed by atoms with Gasteiger partial charge in [-0.05, 0) is 6.07 Å². The first-order valence-corrected chi connectivity index (χ1v) is 7.96. The lowest BCUT2D eigenvalue weighted by molar-refractivity contribution is 0.388. The minimum Gasteiger partial charge on any atom is -0.397 e. The Hall–Kier alpha value is -1.05. The van der Waals surface area contributed by atoms with Crippen LogP contribution in [-0.2, 0) is 10.0 Å². The molecule has 1 saturated heterocycles. The van der Waals surface area contributed by atoms with E-state index in [1.54, 1.807) is 0 Å². The van der Waals surface area contributed by atoms with Gasteiger partial charge in [-0.3, -0.25) is 0 Å². The summed E-state index contributed by atoms with van der Waals surface area (Å²) in [5.74, 6) is -0.558. The van der Waals surface area contributed by atoms with E-state index in [0.29, 0.717) is 37.6 Å². The second kappa shape index (κ2) is 5.15. The van der Waals surface area contributed by atoms with Crippen LogP contribution in [-0.4, -0.2) is 45.2 Å². The fourth-order valence-electron chi connectivity index (χ4n) is 2.09. The molecule has 0 atom stereocenters. The van der Waals surface area contributed by atoms with Crippen LogP contribution in [0.4, 0.5) is 15.8 Å². The molecule has 1 aliphatic heterocycles. The Kier molecular flexibility index (Phi) is 3.89.